The zero-order valence-corrected chi connectivity index (χ0v) is 13.8. The van der Waals surface area contributed by atoms with Crippen molar-refractivity contribution < 1.29 is 4.79 Å². The van der Waals surface area contributed by atoms with Crippen molar-refractivity contribution in [2.24, 2.45) is 0 Å². The summed E-state index contributed by atoms with van der Waals surface area (Å²) in [5.41, 5.74) is 2.69. The first kappa shape index (κ1) is 15.0. The van der Waals surface area contributed by atoms with Gasteiger partial charge in [-0.15, -0.1) is 11.3 Å². The highest BCUT2D eigenvalue weighted by Gasteiger charge is 2.27. The molecule has 2 heterocycles. The molecule has 5 heteroatoms. The Morgan fingerprint density at radius 3 is 2.95 bits per heavy atom. The second-order valence-electron chi connectivity index (χ2n) is 5.79. The molecule has 116 valence electrons. The van der Waals surface area contributed by atoms with Crippen molar-refractivity contribution in [3.05, 3.63) is 51.5 Å². The third kappa shape index (κ3) is 3.30. The maximum atomic E-state index is 12.3. The topological polar surface area (TPSA) is 45.2 Å². The summed E-state index contributed by atoms with van der Waals surface area (Å²) >= 11 is 1.63. The van der Waals surface area contributed by atoms with Crippen molar-refractivity contribution in [1.82, 2.24) is 15.2 Å². The fourth-order valence-corrected chi connectivity index (χ4v) is 3.74. The number of likely N-dealkylation sites (tertiary alicyclic amines) is 1. The van der Waals surface area contributed by atoms with Gasteiger partial charge in [-0.3, -0.25) is 0 Å². The monoisotopic (exact) mass is 315 g/mol. The molecule has 0 radical (unpaired) electrons. The summed E-state index contributed by atoms with van der Waals surface area (Å²) in [4.78, 5) is 19.5. The molecule has 22 heavy (non-hydrogen) atoms. The quantitative estimate of drug-likeness (QED) is 0.943. The van der Waals surface area contributed by atoms with E-state index in [0.717, 1.165) is 29.4 Å². The summed E-state index contributed by atoms with van der Waals surface area (Å²) in [5.74, 6) is 0.456. The normalized spacial score (nSPS) is 17.7. The van der Waals surface area contributed by atoms with Gasteiger partial charge >= 0.3 is 6.03 Å². The largest absolute Gasteiger partial charge is 0.333 e. The second kappa shape index (κ2) is 6.48. The number of carbonyl (C=O) groups is 1. The molecule has 1 aliphatic heterocycles. The van der Waals surface area contributed by atoms with Gasteiger partial charge in [0.05, 0.1) is 11.6 Å². The molecule has 1 N–H and O–H groups in total. The van der Waals surface area contributed by atoms with Crippen molar-refractivity contribution in [3.8, 4) is 0 Å². The third-order valence-corrected chi connectivity index (χ3v) is 5.10. The number of nitrogens with zero attached hydrogens (tertiary/aromatic N) is 2. The van der Waals surface area contributed by atoms with Gasteiger partial charge in [0, 0.05) is 30.1 Å². The van der Waals surface area contributed by atoms with Crippen LogP contribution in [0.15, 0.2) is 30.5 Å². The summed E-state index contributed by atoms with van der Waals surface area (Å²) in [6.07, 6.45) is 2.87. The molecule has 1 aromatic heterocycles. The first-order valence-electron chi connectivity index (χ1n) is 7.63. The Bertz CT molecular complexity index is 667. The molecule has 1 aliphatic rings. The number of rotatable bonds is 3. The van der Waals surface area contributed by atoms with Crippen LogP contribution in [0.5, 0.6) is 0 Å². The van der Waals surface area contributed by atoms with Crippen LogP contribution >= 0.6 is 11.3 Å². The number of carbonyl (C=O) groups excluding carboxylic acids is 1. The van der Waals surface area contributed by atoms with Gasteiger partial charge in [-0.1, -0.05) is 24.3 Å². The number of aryl methyl sites for hydroxylation is 2. The molecule has 1 aromatic carbocycles. The first-order chi connectivity index (χ1) is 10.6. The maximum Gasteiger partial charge on any atom is 0.317 e. The summed E-state index contributed by atoms with van der Waals surface area (Å²) in [6.45, 7) is 6.31. The molecule has 4 nitrogen and oxygen atoms in total. The van der Waals surface area contributed by atoms with Gasteiger partial charge in [-0.05, 0) is 31.4 Å². The van der Waals surface area contributed by atoms with Crippen LogP contribution < -0.4 is 5.32 Å². The van der Waals surface area contributed by atoms with Gasteiger partial charge in [0.15, 0.2) is 0 Å². The smallest absolute Gasteiger partial charge is 0.317 e. The van der Waals surface area contributed by atoms with Crippen LogP contribution in [0.4, 0.5) is 4.79 Å². The minimum Gasteiger partial charge on any atom is -0.333 e. The third-order valence-electron chi connectivity index (χ3n) is 4.19. The SMILES string of the molecule is Cc1ncc(CNC(=O)N2CCC(c3ccccc3C)C2)s1. The first-order valence-corrected chi connectivity index (χ1v) is 8.45. The van der Waals surface area contributed by atoms with E-state index in [1.165, 1.54) is 11.1 Å². The number of hydrogen-bond donors (Lipinski definition) is 1. The number of aromatic nitrogens is 1. The van der Waals surface area contributed by atoms with E-state index in [4.69, 9.17) is 0 Å². The summed E-state index contributed by atoms with van der Waals surface area (Å²) < 4.78 is 0. The predicted octanol–water partition coefficient (Wildman–Crippen LogP) is 3.46. The molecule has 0 bridgehead atoms. The standard InChI is InChI=1S/C17H21N3OS/c1-12-5-3-4-6-16(12)14-7-8-20(11-14)17(21)19-10-15-9-18-13(2)22-15/h3-6,9,14H,7-8,10-11H2,1-2H3,(H,19,21). The van der Waals surface area contributed by atoms with E-state index < -0.39 is 0 Å². The number of hydrogen-bond acceptors (Lipinski definition) is 3. The Balaban J connectivity index is 1.56. The summed E-state index contributed by atoms with van der Waals surface area (Å²) in [5, 5.41) is 4.03. The van der Waals surface area contributed by atoms with Crippen molar-refractivity contribution in [3.63, 3.8) is 0 Å². The molecular weight excluding hydrogens is 294 g/mol. The van der Waals surface area contributed by atoms with Crippen LogP contribution in [-0.2, 0) is 6.54 Å². The van der Waals surface area contributed by atoms with E-state index in [9.17, 15) is 4.79 Å². The van der Waals surface area contributed by atoms with Crippen LogP contribution in [0, 0.1) is 13.8 Å². The van der Waals surface area contributed by atoms with Gasteiger partial charge in [0.25, 0.3) is 0 Å². The number of urea groups is 1. The van der Waals surface area contributed by atoms with Crippen molar-refractivity contribution in [2.75, 3.05) is 13.1 Å². The lowest BCUT2D eigenvalue weighted by molar-refractivity contribution is 0.208. The zero-order valence-electron chi connectivity index (χ0n) is 13.0. The van der Waals surface area contributed by atoms with Crippen molar-refractivity contribution >= 4 is 17.4 Å². The lowest BCUT2D eigenvalue weighted by Gasteiger charge is -2.18. The highest BCUT2D eigenvalue weighted by atomic mass is 32.1. The van der Waals surface area contributed by atoms with Crippen LogP contribution in [0.1, 0.15) is 33.4 Å². The molecule has 0 aliphatic carbocycles. The van der Waals surface area contributed by atoms with Gasteiger partial charge in [-0.25, -0.2) is 9.78 Å². The van der Waals surface area contributed by atoms with Crippen LogP contribution in [0.25, 0.3) is 0 Å². The fraction of sp³-hybridized carbons (Fsp3) is 0.412. The predicted molar refractivity (Wildman–Crippen MR) is 89.2 cm³/mol. The van der Waals surface area contributed by atoms with E-state index >= 15 is 0 Å². The van der Waals surface area contributed by atoms with Gasteiger partial charge in [0.2, 0.25) is 0 Å². The van der Waals surface area contributed by atoms with E-state index in [2.05, 4.69) is 41.5 Å². The lowest BCUT2D eigenvalue weighted by atomic mass is 9.94. The minimum atomic E-state index is 0.0298. The zero-order chi connectivity index (χ0) is 15.5. The Hall–Kier alpha value is -1.88. The molecule has 0 spiro atoms. The van der Waals surface area contributed by atoms with Crippen LogP contribution in [0.2, 0.25) is 0 Å². The van der Waals surface area contributed by atoms with Gasteiger partial charge < -0.3 is 10.2 Å². The maximum absolute atomic E-state index is 12.3. The summed E-state index contributed by atoms with van der Waals surface area (Å²) in [6, 6.07) is 8.50. The fourth-order valence-electron chi connectivity index (χ4n) is 3.01. The Labute approximate surface area is 135 Å². The molecule has 1 unspecified atom stereocenters. The van der Waals surface area contributed by atoms with Gasteiger partial charge in [-0.2, -0.15) is 0 Å². The number of thiazole rings is 1. The highest BCUT2D eigenvalue weighted by molar-refractivity contribution is 7.11. The molecule has 2 amide bonds. The molecule has 1 saturated heterocycles. The van der Waals surface area contributed by atoms with E-state index in [0.29, 0.717) is 12.5 Å². The van der Waals surface area contributed by atoms with Crippen LogP contribution in [-0.4, -0.2) is 29.0 Å². The molecule has 3 rings (SSSR count). The molecule has 1 fully saturated rings. The lowest BCUT2D eigenvalue weighted by Crippen LogP contribution is -2.37. The average Bonchev–Trinajstić information content (AvgIpc) is 3.14. The van der Waals surface area contributed by atoms with Crippen molar-refractivity contribution in [2.45, 2.75) is 32.7 Å². The highest BCUT2D eigenvalue weighted by Crippen LogP contribution is 2.29. The van der Waals surface area contributed by atoms with E-state index in [1.54, 1.807) is 11.3 Å². The molecule has 2 aromatic rings. The number of benzene rings is 1. The Morgan fingerprint density at radius 2 is 2.23 bits per heavy atom. The van der Waals surface area contributed by atoms with Crippen LogP contribution in [0.3, 0.4) is 0 Å². The molecule has 1 atom stereocenters. The molecular formula is C17H21N3OS. The van der Waals surface area contributed by atoms with Gasteiger partial charge in [0.1, 0.15) is 0 Å². The minimum absolute atomic E-state index is 0.0298. The second-order valence-corrected chi connectivity index (χ2v) is 7.11. The van der Waals surface area contributed by atoms with E-state index in [1.807, 2.05) is 18.0 Å². The number of nitrogens with one attached hydrogen (secondary N) is 1. The molecule has 0 saturated carbocycles. The number of amides is 2. The Morgan fingerprint density at radius 1 is 1.41 bits per heavy atom. The summed E-state index contributed by atoms with van der Waals surface area (Å²) in [7, 11) is 0. The van der Waals surface area contributed by atoms with E-state index in [-0.39, 0.29) is 6.03 Å². The average molecular weight is 315 g/mol. The van der Waals surface area contributed by atoms with Crippen molar-refractivity contribution in [1.29, 1.82) is 0 Å². The Kier molecular flexibility index (Phi) is 4.43.